The van der Waals surface area contributed by atoms with Crippen LogP contribution in [0, 0.1) is 10.1 Å². The highest BCUT2D eigenvalue weighted by molar-refractivity contribution is 8.18. The first-order valence-electron chi connectivity index (χ1n) is 8.70. The van der Waals surface area contributed by atoms with Crippen molar-refractivity contribution in [3.63, 3.8) is 0 Å². The number of rotatable bonds is 7. The van der Waals surface area contributed by atoms with Crippen LogP contribution in [-0.2, 0) is 11.4 Å². The van der Waals surface area contributed by atoms with E-state index in [0.29, 0.717) is 18.5 Å². The monoisotopic (exact) mass is 398 g/mol. The molecule has 0 unspecified atom stereocenters. The molecule has 0 aliphatic carbocycles. The van der Waals surface area contributed by atoms with Gasteiger partial charge in [0.1, 0.15) is 6.61 Å². The van der Waals surface area contributed by atoms with Crippen molar-refractivity contribution in [1.82, 2.24) is 4.90 Å². The van der Waals surface area contributed by atoms with E-state index in [4.69, 9.17) is 4.74 Å². The van der Waals surface area contributed by atoms with Gasteiger partial charge in [0.25, 0.3) is 11.1 Å². The zero-order valence-electron chi connectivity index (χ0n) is 15.2. The van der Waals surface area contributed by atoms with E-state index in [1.54, 1.807) is 6.07 Å². The fourth-order valence-corrected chi connectivity index (χ4v) is 3.56. The van der Waals surface area contributed by atoms with Crippen molar-refractivity contribution in [1.29, 1.82) is 0 Å². The lowest BCUT2D eigenvalue weighted by Gasteiger charge is -2.09. The van der Waals surface area contributed by atoms with Crippen molar-refractivity contribution in [3.05, 3.63) is 74.7 Å². The number of hydrogen-bond donors (Lipinski definition) is 0. The Morgan fingerprint density at radius 1 is 1.18 bits per heavy atom. The minimum absolute atomic E-state index is 0.144. The zero-order chi connectivity index (χ0) is 20.1. The molecule has 0 atom stereocenters. The number of ether oxygens (including phenoxy) is 1. The average Bonchev–Trinajstić information content (AvgIpc) is 2.95. The Hall–Kier alpha value is -3.13. The lowest BCUT2D eigenvalue weighted by atomic mass is 10.1. The molecule has 8 heteroatoms. The highest BCUT2D eigenvalue weighted by atomic mass is 32.2. The fraction of sp³-hybridized carbons (Fsp3) is 0.200. The van der Waals surface area contributed by atoms with E-state index in [1.807, 2.05) is 37.3 Å². The molecule has 7 nitrogen and oxygen atoms in total. The smallest absolute Gasteiger partial charge is 0.311 e. The number of nitro groups is 1. The second kappa shape index (κ2) is 8.71. The molecule has 1 saturated heterocycles. The summed E-state index contributed by atoms with van der Waals surface area (Å²) in [6, 6.07) is 13.8. The van der Waals surface area contributed by atoms with E-state index >= 15 is 0 Å². The molecule has 3 rings (SSSR count). The molecule has 0 bridgehead atoms. The Kier molecular flexibility index (Phi) is 6.10. The maximum Gasteiger partial charge on any atom is 0.311 e. The summed E-state index contributed by atoms with van der Waals surface area (Å²) < 4.78 is 5.60. The average molecular weight is 398 g/mol. The first-order valence-corrected chi connectivity index (χ1v) is 9.51. The maximum absolute atomic E-state index is 12.3. The molecule has 2 amide bonds. The van der Waals surface area contributed by atoms with Gasteiger partial charge in [-0.3, -0.25) is 24.6 Å². The van der Waals surface area contributed by atoms with Crippen LogP contribution in [0.4, 0.5) is 10.5 Å². The molecule has 144 valence electrons. The third-order valence-electron chi connectivity index (χ3n) is 4.04. The summed E-state index contributed by atoms with van der Waals surface area (Å²) in [7, 11) is 0. The molecule has 1 aliphatic rings. The topological polar surface area (TPSA) is 89.8 Å². The normalized spacial score (nSPS) is 15.3. The molecule has 0 spiro atoms. The van der Waals surface area contributed by atoms with Gasteiger partial charge in [-0.05, 0) is 41.5 Å². The number of nitro benzene ring substituents is 1. The fourth-order valence-electron chi connectivity index (χ4n) is 2.69. The van der Waals surface area contributed by atoms with E-state index in [0.717, 1.165) is 17.3 Å². The van der Waals surface area contributed by atoms with E-state index in [2.05, 4.69) is 0 Å². The van der Waals surface area contributed by atoms with E-state index in [1.165, 1.54) is 23.1 Å². The third kappa shape index (κ3) is 4.40. The van der Waals surface area contributed by atoms with Crippen LogP contribution < -0.4 is 4.74 Å². The van der Waals surface area contributed by atoms with Crippen LogP contribution in [0.15, 0.2) is 53.4 Å². The van der Waals surface area contributed by atoms with Crippen LogP contribution >= 0.6 is 11.8 Å². The van der Waals surface area contributed by atoms with Gasteiger partial charge in [0.15, 0.2) is 5.75 Å². The lowest BCUT2D eigenvalue weighted by molar-refractivity contribution is -0.386. The summed E-state index contributed by atoms with van der Waals surface area (Å²) in [6.45, 7) is 2.44. The second-order valence-corrected chi connectivity index (χ2v) is 7.09. The summed E-state index contributed by atoms with van der Waals surface area (Å²) in [5.41, 5.74) is 1.16. The molecule has 0 radical (unpaired) electrons. The van der Waals surface area contributed by atoms with Crippen LogP contribution in [-0.4, -0.2) is 27.5 Å². The van der Waals surface area contributed by atoms with Gasteiger partial charge >= 0.3 is 5.69 Å². The molecule has 0 aromatic heterocycles. The number of carbonyl (C=O) groups is 2. The van der Waals surface area contributed by atoms with E-state index in [-0.39, 0.29) is 34.1 Å². The Morgan fingerprint density at radius 2 is 1.93 bits per heavy atom. The van der Waals surface area contributed by atoms with Gasteiger partial charge in [-0.2, -0.15) is 0 Å². The van der Waals surface area contributed by atoms with Crippen LogP contribution in [0.3, 0.4) is 0 Å². The number of imide groups is 1. The van der Waals surface area contributed by atoms with Gasteiger partial charge in [0, 0.05) is 12.6 Å². The molecular weight excluding hydrogens is 380 g/mol. The Labute approximate surface area is 166 Å². The molecular formula is C20H18N2O5S. The van der Waals surface area contributed by atoms with Crippen LogP contribution in [0.2, 0.25) is 0 Å². The molecule has 1 heterocycles. The number of carbonyl (C=O) groups excluding carboxylic acids is 2. The minimum Gasteiger partial charge on any atom is -0.482 e. The first-order chi connectivity index (χ1) is 13.5. The van der Waals surface area contributed by atoms with Gasteiger partial charge < -0.3 is 4.74 Å². The predicted molar refractivity (Wildman–Crippen MR) is 107 cm³/mol. The van der Waals surface area contributed by atoms with E-state index in [9.17, 15) is 19.7 Å². The van der Waals surface area contributed by atoms with Gasteiger partial charge in [-0.1, -0.05) is 43.3 Å². The van der Waals surface area contributed by atoms with Gasteiger partial charge in [0.05, 0.1) is 9.83 Å². The van der Waals surface area contributed by atoms with Crippen molar-refractivity contribution in [2.45, 2.75) is 20.0 Å². The summed E-state index contributed by atoms with van der Waals surface area (Å²) in [5, 5.41) is 11.1. The van der Waals surface area contributed by atoms with Gasteiger partial charge in [-0.15, -0.1) is 0 Å². The van der Waals surface area contributed by atoms with Crippen LogP contribution in [0.25, 0.3) is 6.08 Å². The Balaban J connectivity index is 1.82. The quantitative estimate of drug-likeness (QED) is 0.384. The molecule has 28 heavy (non-hydrogen) atoms. The van der Waals surface area contributed by atoms with Crippen molar-refractivity contribution in [3.8, 4) is 5.75 Å². The molecule has 1 fully saturated rings. The van der Waals surface area contributed by atoms with E-state index < -0.39 is 4.92 Å². The van der Waals surface area contributed by atoms with Crippen molar-refractivity contribution in [2.24, 2.45) is 0 Å². The predicted octanol–water partition coefficient (Wildman–Crippen LogP) is 4.62. The van der Waals surface area contributed by atoms with Crippen LogP contribution in [0.5, 0.6) is 5.75 Å². The second-order valence-electron chi connectivity index (χ2n) is 6.09. The Bertz CT molecular complexity index is 943. The SMILES string of the molecule is CCCN1C(=O)S/C(=C/c2ccc(OCc3ccccc3)c([N+](=O)[O-])c2)C1=O. The summed E-state index contributed by atoms with van der Waals surface area (Å²) in [6.07, 6.45) is 2.17. The highest BCUT2D eigenvalue weighted by Crippen LogP contribution is 2.34. The zero-order valence-corrected chi connectivity index (χ0v) is 16.0. The summed E-state index contributed by atoms with van der Waals surface area (Å²) in [4.78, 5) is 36.6. The number of amides is 2. The molecule has 0 N–H and O–H groups in total. The summed E-state index contributed by atoms with van der Waals surface area (Å²) in [5.74, 6) is -0.228. The number of nitrogens with zero attached hydrogens (tertiary/aromatic N) is 2. The lowest BCUT2D eigenvalue weighted by Crippen LogP contribution is -2.28. The standard InChI is InChI=1S/C20H18N2O5S/c1-2-10-21-19(23)18(28-20(21)24)12-15-8-9-17(16(11-15)22(25)26)27-13-14-6-4-3-5-7-14/h3-9,11-12H,2,10,13H2,1H3/b18-12+. The van der Waals surface area contributed by atoms with Gasteiger partial charge in [-0.25, -0.2) is 0 Å². The number of hydrogen-bond acceptors (Lipinski definition) is 6. The molecule has 2 aromatic carbocycles. The molecule has 2 aromatic rings. The van der Waals surface area contributed by atoms with Crippen LogP contribution in [0.1, 0.15) is 24.5 Å². The van der Waals surface area contributed by atoms with Crippen molar-refractivity contribution >= 4 is 34.7 Å². The van der Waals surface area contributed by atoms with Crippen molar-refractivity contribution in [2.75, 3.05) is 6.54 Å². The minimum atomic E-state index is -0.527. The largest absolute Gasteiger partial charge is 0.482 e. The highest BCUT2D eigenvalue weighted by Gasteiger charge is 2.34. The third-order valence-corrected chi connectivity index (χ3v) is 4.94. The molecule has 1 aliphatic heterocycles. The van der Waals surface area contributed by atoms with Crippen molar-refractivity contribution < 1.29 is 19.2 Å². The first kappa shape index (κ1) is 19.6. The maximum atomic E-state index is 12.3. The summed E-state index contributed by atoms with van der Waals surface area (Å²) >= 11 is 0.840. The molecule has 0 saturated carbocycles. The number of thioether (sulfide) groups is 1. The van der Waals surface area contributed by atoms with Gasteiger partial charge in [0.2, 0.25) is 0 Å². The number of benzene rings is 2. The Morgan fingerprint density at radius 3 is 2.61 bits per heavy atom.